The van der Waals surface area contributed by atoms with Crippen molar-refractivity contribution in [2.75, 3.05) is 6.54 Å². The second-order valence-corrected chi connectivity index (χ2v) is 6.65. The number of hydrogen-bond acceptors (Lipinski definition) is 4. The molecule has 2 rings (SSSR count). The van der Waals surface area contributed by atoms with Crippen LogP contribution in [0.25, 0.3) is 0 Å². The van der Waals surface area contributed by atoms with Gasteiger partial charge in [0.25, 0.3) is 0 Å². The van der Waals surface area contributed by atoms with E-state index in [1.54, 1.807) is 4.90 Å². The van der Waals surface area contributed by atoms with Crippen LogP contribution in [0, 0.1) is 0 Å². The summed E-state index contributed by atoms with van der Waals surface area (Å²) in [6.45, 7) is 7.81. The third-order valence-electron chi connectivity index (χ3n) is 4.27. The van der Waals surface area contributed by atoms with Gasteiger partial charge in [0.2, 0.25) is 0 Å². The van der Waals surface area contributed by atoms with Crippen molar-refractivity contribution in [3.63, 3.8) is 0 Å². The van der Waals surface area contributed by atoms with Crippen LogP contribution in [-0.2, 0) is 9.53 Å². The van der Waals surface area contributed by atoms with Crippen molar-refractivity contribution >= 4 is 12.1 Å². The summed E-state index contributed by atoms with van der Waals surface area (Å²) in [4.78, 5) is 25.7. The van der Waals surface area contributed by atoms with E-state index in [1.165, 1.54) is 0 Å². The molecule has 114 valence electrons. The normalized spacial score (nSPS) is 33.1. The van der Waals surface area contributed by atoms with E-state index in [0.717, 1.165) is 6.42 Å². The summed E-state index contributed by atoms with van der Waals surface area (Å²) in [5.41, 5.74) is -1.62. The molecule has 0 spiro atoms. The highest BCUT2D eigenvalue weighted by atomic mass is 16.6. The third-order valence-corrected chi connectivity index (χ3v) is 4.27. The van der Waals surface area contributed by atoms with E-state index < -0.39 is 23.2 Å². The Morgan fingerprint density at radius 3 is 2.55 bits per heavy atom. The van der Waals surface area contributed by atoms with E-state index in [0.29, 0.717) is 19.4 Å². The molecule has 2 saturated heterocycles. The summed E-state index contributed by atoms with van der Waals surface area (Å²) in [6.07, 6.45) is 1.58. The van der Waals surface area contributed by atoms with Gasteiger partial charge >= 0.3 is 12.1 Å². The minimum Gasteiger partial charge on any atom is -0.480 e. The van der Waals surface area contributed by atoms with Crippen LogP contribution in [0.3, 0.4) is 0 Å². The Balaban J connectivity index is 2.26. The number of ether oxygens (including phenoxy) is 1. The van der Waals surface area contributed by atoms with Gasteiger partial charge in [-0.15, -0.1) is 0 Å². The second-order valence-electron chi connectivity index (χ2n) is 6.65. The highest BCUT2D eigenvalue weighted by molar-refractivity contribution is 5.82. The van der Waals surface area contributed by atoms with Gasteiger partial charge in [-0.2, -0.15) is 0 Å². The molecule has 0 aromatic heterocycles. The first kappa shape index (κ1) is 15.1. The lowest BCUT2D eigenvalue weighted by atomic mass is 9.85. The molecule has 6 nitrogen and oxygen atoms in total. The molecule has 2 heterocycles. The van der Waals surface area contributed by atoms with Crippen LogP contribution in [0.4, 0.5) is 4.79 Å². The predicted octanol–water partition coefficient (Wildman–Crippen LogP) is 1.59. The van der Waals surface area contributed by atoms with Gasteiger partial charge in [0.05, 0.1) is 6.04 Å². The number of rotatable bonds is 2. The maximum Gasteiger partial charge on any atom is 0.410 e. The van der Waals surface area contributed by atoms with Crippen molar-refractivity contribution < 1.29 is 19.4 Å². The molecular weight excluding hydrogens is 260 g/mol. The lowest BCUT2D eigenvalue weighted by molar-refractivity contribution is -0.149. The Kier molecular flexibility index (Phi) is 3.71. The molecule has 1 unspecified atom stereocenters. The zero-order valence-corrected chi connectivity index (χ0v) is 12.6. The summed E-state index contributed by atoms with van der Waals surface area (Å²) < 4.78 is 5.44. The largest absolute Gasteiger partial charge is 0.480 e. The Morgan fingerprint density at radius 1 is 1.40 bits per heavy atom. The Labute approximate surface area is 119 Å². The smallest absolute Gasteiger partial charge is 0.410 e. The topological polar surface area (TPSA) is 78.9 Å². The fraction of sp³-hybridized carbons (Fsp3) is 0.857. The average Bonchev–Trinajstić information content (AvgIpc) is 2.64. The maximum atomic E-state index is 12.4. The summed E-state index contributed by atoms with van der Waals surface area (Å²) in [6, 6.07) is -0.299. The zero-order valence-electron chi connectivity index (χ0n) is 12.6. The maximum absolute atomic E-state index is 12.4. The monoisotopic (exact) mass is 284 g/mol. The van der Waals surface area contributed by atoms with E-state index in [9.17, 15) is 14.7 Å². The fourth-order valence-corrected chi connectivity index (χ4v) is 3.31. The molecule has 0 aromatic rings. The van der Waals surface area contributed by atoms with E-state index in [-0.39, 0.29) is 12.1 Å². The molecule has 2 fully saturated rings. The summed E-state index contributed by atoms with van der Waals surface area (Å²) in [7, 11) is 0. The molecule has 1 amide bonds. The minimum atomic E-state index is -1.05. The van der Waals surface area contributed by atoms with Crippen LogP contribution in [0.2, 0.25) is 0 Å². The predicted molar refractivity (Wildman–Crippen MR) is 73.5 cm³/mol. The van der Waals surface area contributed by atoms with Crippen molar-refractivity contribution in [3.05, 3.63) is 0 Å². The van der Waals surface area contributed by atoms with Gasteiger partial charge in [0, 0.05) is 12.6 Å². The highest BCUT2D eigenvalue weighted by Gasteiger charge is 2.57. The first-order chi connectivity index (χ1) is 9.21. The number of fused-ring (bicyclic) bond motifs is 2. The summed E-state index contributed by atoms with van der Waals surface area (Å²) in [5, 5.41) is 12.7. The number of nitrogens with zero attached hydrogens (tertiary/aromatic N) is 1. The molecule has 6 heteroatoms. The van der Waals surface area contributed by atoms with E-state index >= 15 is 0 Å². The van der Waals surface area contributed by atoms with Gasteiger partial charge < -0.3 is 9.84 Å². The second kappa shape index (κ2) is 4.91. The van der Waals surface area contributed by atoms with Crippen LogP contribution in [0.1, 0.15) is 47.0 Å². The van der Waals surface area contributed by atoms with Gasteiger partial charge in [-0.1, -0.05) is 6.92 Å². The molecule has 0 radical (unpaired) electrons. The van der Waals surface area contributed by atoms with Crippen LogP contribution in [0.15, 0.2) is 0 Å². The van der Waals surface area contributed by atoms with E-state index in [1.807, 2.05) is 27.7 Å². The summed E-state index contributed by atoms with van der Waals surface area (Å²) >= 11 is 0. The molecular formula is C14H24N2O4. The van der Waals surface area contributed by atoms with Gasteiger partial charge in [-0.25, -0.2) is 4.79 Å². The Bertz CT molecular complexity index is 418. The first-order valence-corrected chi connectivity index (χ1v) is 7.21. The molecule has 3 atom stereocenters. The number of aliphatic carboxylic acids is 1. The molecule has 0 aromatic carbocycles. The van der Waals surface area contributed by atoms with Crippen LogP contribution < -0.4 is 5.32 Å². The zero-order chi connectivity index (χ0) is 15.1. The van der Waals surface area contributed by atoms with Crippen molar-refractivity contribution in [3.8, 4) is 0 Å². The first-order valence-electron chi connectivity index (χ1n) is 7.21. The lowest BCUT2D eigenvalue weighted by Crippen LogP contribution is -2.70. The number of amides is 1. The molecule has 20 heavy (non-hydrogen) atoms. The third kappa shape index (κ3) is 2.37. The van der Waals surface area contributed by atoms with Crippen molar-refractivity contribution in [1.29, 1.82) is 0 Å². The SMILES string of the molecule is CCC1(C(=O)O)NC[C@H]2CC[C@@H]1N2C(=O)OC(C)(C)C. The van der Waals surface area contributed by atoms with Gasteiger partial charge in [0.15, 0.2) is 0 Å². The van der Waals surface area contributed by atoms with Crippen LogP contribution in [-0.4, -0.2) is 51.8 Å². The van der Waals surface area contributed by atoms with Crippen molar-refractivity contribution in [2.45, 2.75) is 70.2 Å². The average molecular weight is 284 g/mol. The van der Waals surface area contributed by atoms with E-state index in [4.69, 9.17) is 4.74 Å². The number of piperazine rings is 1. The molecule has 0 saturated carbocycles. The van der Waals surface area contributed by atoms with Gasteiger partial charge in [-0.3, -0.25) is 15.0 Å². The van der Waals surface area contributed by atoms with Gasteiger partial charge in [0.1, 0.15) is 11.1 Å². The highest BCUT2D eigenvalue weighted by Crippen LogP contribution is 2.38. The van der Waals surface area contributed by atoms with Crippen LogP contribution >= 0.6 is 0 Å². The molecule has 2 aliphatic heterocycles. The van der Waals surface area contributed by atoms with Crippen molar-refractivity contribution in [2.24, 2.45) is 0 Å². The Morgan fingerprint density at radius 2 is 2.05 bits per heavy atom. The standard InChI is InChI=1S/C14H24N2O4/c1-5-14(11(17)18)10-7-6-9(8-15-14)16(10)12(19)20-13(2,3)4/h9-10,15H,5-8H2,1-4H3,(H,17,18)/t9-,10+,14?/m1/s1. The minimum absolute atomic E-state index is 0.0360. The number of hydrogen-bond donors (Lipinski definition) is 2. The molecule has 2 bridgehead atoms. The number of carboxylic acids is 1. The van der Waals surface area contributed by atoms with Crippen LogP contribution in [0.5, 0.6) is 0 Å². The molecule has 0 aliphatic carbocycles. The Hall–Kier alpha value is -1.30. The number of carbonyl (C=O) groups is 2. The number of nitrogens with one attached hydrogen (secondary N) is 1. The quantitative estimate of drug-likeness (QED) is 0.805. The van der Waals surface area contributed by atoms with Crippen molar-refractivity contribution in [1.82, 2.24) is 10.2 Å². The van der Waals surface area contributed by atoms with Gasteiger partial charge in [-0.05, 0) is 40.0 Å². The number of carboxylic acid groups (broad SMARTS) is 1. The molecule has 2 aliphatic rings. The van der Waals surface area contributed by atoms with E-state index in [2.05, 4.69) is 5.32 Å². The lowest BCUT2D eigenvalue weighted by Gasteiger charge is -2.46. The molecule has 2 N–H and O–H groups in total. The number of carbonyl (C=O) groups excluding carboxylic acids is 1. The fourth-order valence-electron chi connectivity index (χ4n) is 3.31. The summed E-state index contributed by atoms with van der Waals surface area (Å²) in [5.74, 6) is -0.890.